The first-order valence-electron chi connectivity index (χ1n) is 5.72. The first-order chi connectivity index (χ1) is 9.02. The summed E-state index contributed by atoms with van der Waals surface area (Å²) in [6.45, 7) is 3.49. The van der Waals surface area contributed by atoms with Crippen LogP contribution in [-0.4, -0.2) is 35.1 Å². The normalized spacial score (nSPS) is 10.3. The van der Waals surface area contributed by atoms with Crippen LogP contribution in [0.4, 0.5) is 11.5 Å². The molecule has 1 aromatic heterocycles. The third kappa shape index (κ3) is 3.30. The fourth-order valence-electron chi connectivity index (χ4n) is 1.42. The van der Waals surface area contributed by atoms with Crippen molar-refractivity contribution < 1.29 is 19.1 Å². The summed E-state index contributed by atoms with van der Waals surface area (Å²) in [6.07, 6.45) is 1.12. The molecule has 0 fully saturated rings. The molecule has 0 radical (unpaired) electrons. The van der Waals surface area contributed by atoms with Gasteiger partial charge in [0.05, 0.1) is 24.6 Å². The number of anilines is 2. The fourth-order valence-corrected chi connectivity index (χ4v) is 1.42. The molecule has 0 saturated heterocycles. The van der Waals surface area contributed by atoms with Gasteiger partial charge in [-0.2, -0.15) is 0 Å². The average molecular weight is 268 g/mol. The molecule has 1 rings (SSSR count). The molecule has 8 heteroatoms. The number of hydrogen-bond acceptors (Lipinski definition) is 8. The molecule has 0 atom stereocenters. The molecule has 8 nitrogen and oxygen atoms in total. The number of carbonyl (C=O) groups is 2. The number of ether oxygens (including phenoxy) is 2. The Kier molecular flexibility index (Phi) is 5.04. The lowest BCUT2D eigenvalue weighted by molar-refractivity contribution is -0.157. The molecule has 0 unspecified atom stereocenters. The first kappa shape index (κ1) is 14.7. The van der Waals surface area contributed by atoms with E-state index in [1.807, 2.05) is 0 Å². The van der Waals surface area contributed by atoms with Crippen molar-refractivity contribution in [3.8, 4) is 0 Å². The van der Waals surface area contributed by atoms with Crippen LogP contribution >= 0.6 is 0 Å². The molecule has 1 aromatic rings. The molecule has 0 aromatic carbocycles. The Morgan fingerprint density at radius 2 is 1.68 bits per heavy atom. The van der Waals surface area contributed by atoms with Crippen molar-refractivity contribution in [1.29, 1.82) is 0 Å². The molecule has 4 N–H and O–H groups in total. The van der Waals surface area contributed by atoms with Crippen LogP contribution in [0.2, 0.25) is 0 Å². The topological polar surface area (TPSA) is 130 Å². The fraction of sp³-hybridized carbons (Fsp3) is 0.455. The maximum atomic E-state index is 11.8. The second-order valence-corrected chi connectivity index (χ2v) is 3.49. The van der Waals surface area contributed by atoms with E-state index in [0.29, 0.717) is 0 Å². The number of hydrogen-bond donors (Lipinski definition) is 2. The van der Waals surface area contributed by atoms with Crippen molar-refractivity contribution in [2.75, 3.05) is 24.7 Å². The number of carbonyl (C=O) groups excluding carboxylic acids is 2. The summed E-state index contributed by atoms with van der Waals surface area (Å²) in [5, 5.41) is 0. The van der Waals surface area contributed by atoms with Gasteiger partial charge in [0.15, 0.2) is 5.92 Å². The Balaban J connectivity index is 3.19. The molecule has 0 bridgehead atoms. The molecule has 0 aliphatic heterocycles. The van der Waals surface area contributed by atoms with Crippen LogP contribution in [0.15, 0.2) is 6.33 Å². The molecular formula is C11H16N4O4. The summed E-state index contributed by atoms with van der Waals surface area (Å²) in [6, 6.07) is 0. The van der Waals surface area contributed by atoms with Crippen molar-refractivity contribution in [3.63, 3.8) is 0 Å². The Bertz CT molecular complexity index is 460. The zero-order valence-electron chi connectivity index (χ0n) is 10.8. The molecule has 0 saturated carbocycles. The maximum Gasteiger partial charge on any atom is 0.326 e. The van der Waals surface area contributed by atoms with Crippen molar-refractivity contribution in [3.05, 3.63) is 12.0 Å². The van der Waals surface area contributed by atoms with Gasteiger partial charge < -0.3 is 20.9 Å². The van der Waals surface area contributed by atoms with Gasteiger partial charge in [-0.05, 0) is 13.8 Å². The predicted octanol–water partition coefficient (Wildman–Crippen LogP) is -0.149. The van der Waals surface area contributed by atoms with Crippen LogP contribution in [0.1, 0.15) is 25.5 Å². The third-order valence-corrected chi connectivity index (χ3v) is 2.26. The first-order valence-corrected chi connectivity index (χ1v) is 5.72. The highest BCUT2D eigenvalue weighted by Gasteiger charge is 2.35. The Morgan fingerprint density at radius 3 is 2.16 bits per heavy atom. The van der Waals surface area contributed by atoms with E-state index in [9.17, 15) is 9.59 Å². The number of nitrogens with zero attached hydrogens (tertiary/aromatic N) is 2. The Morgan fingerprint density at radius 1 is 1.16 bits per heavy atom. The highest BCUT2D eigenvalue weighted by Crippen LogP contribution is 2.25. The van der Waals surface area contributed by atoms with Gasteiger partial charge >= 0.3 is 11.9 Å². The van der Waals surface area contributed by atoms with Crippen LogP contribution in [-0.2, 0) is 19.1 Å². The second kappa shape index (κ2) is 6.53. The maximum absolute atomic E-state index is 11.8. The number of esters is 2. The van der Waals surface area contributed by atoms with E-state index < -0.39 is 17.9 Å². The predicted molar refractivity (Wildman–Crippen MR) is 66.9 cm³/mol. The van der Waals surface area contributed by atoms with Crippen molar-refractivity contribution in [2.24, 2.45) is 0 Å². The van der Waals surface area contributed by atoms with E-state index in [4.69, 9.17) is 20.9 Å². The van der Waals surface area contributed by atoms with E-state index in [-0.39, 0.29) is 30.4 Å². The molecule has 0 spiro atoms. The smallest absolute Gasteiger partial charge is 0.326 e. The molecule has 19 heavy (non-hydrogen) atoms. The summed E-state index contributed by atoms with van der Waals surface area (Å²) < 4.78 is 9.65. The molecular weight excluding hydrogens is 252 g/mol. The van der Waals surface area contributed by atoms with E-state index in [1.165, 1.54) is 0 Å². The van der Waals surface area contributed by atoms with E-state index in [2.05, 4.69) is 9.97 Å². The van der Waals surface area contributed by atoms with Gasteiger partial charge in [0.2, 0.25) is 0 Å². The highest BCUT2D eigenvalue weighted by molar-refractivity contribution is 6.01. The lowest BCUT2D eigenvalue weighted by atomic mass is 10.0. The zero-order valence-corrected chi connectivity index (χ0v) is 10.8. The van der Waals surface area contributed by atoms with E-state index >= 15 is 0 Å². The van der Waals surface area contributed by atoms with Gasteiger partial charge in [0.1, 0.15) is 12.1 Å². The quantitative estimate of drug-likeness (QED) is 0.557. The highest BCUT2D eigenvalue weighted by atomic mass is 16.6. The summed E-state index contributed by atoms with van der Waals surface area (Å²) >= 11 is 0. The summed E-state index contributed by atoms with van der Waals surface area (Å²) in [5.74, 6) is -2.94. The van der Waals surface area contributed by atoms with Crippen molar-refractivity contribution >= 4 is 23.4 Å². The molecule has 0 amide bonds. The summed E-state index contributed by atoms with van der Waals surface area (Å²) in [4.78, 5) is 31.2. The van der Waals surface area contributed by atoms with Gasteiger partial charge in [-0.25, -0.2) is 9.97 Å². The third-order valence-electron chi connectivity index (χ3n) is 2.26. The number of nitrogen functional groups attached to an aromatic ring is 2. The minimum absolute atomic E-state index is 0.00981. The monoisotopic (exact) mass is 268 g/mol. The number of nitrogens with two attached hydrogens (primary N) is 2. The number of aromatic nitrogens is 2. The van der Waals surface area contributed by atoms with Crippen LogP contribution in [0, 0.1) is 0 Å². The lowest BCUT2D eigenvalue weighted by Crippen LogP contribution is -2.28. The summed E-state index contributed by atoms with van der Waals surface area (Å²) in [5.41, 5.74) is 11.2. The second-order valence-electron chi connectivity index (χ2n) is 3.49. The SMILES string of the molecule is CCOC(=O)C(C(=O)OCC)c1ncnc(N)c1N. The summed E-state index contributed by atoms with van der Waals surface area (Å²) in [7, 11) is 0. The zero-order chi connectivity index (χ0) is 14.4. The minimum Gasteiger partial charge on any atom is -0.465 e. The van der Waals surface area contributed by atoms with Crippen LogP contribution in [0.3, 0.4) is 0 Å². The molecule has 1 heterocycles. The van der Waals surface area contributed by atoms with Crippen LogP contribution < -0.4 is 11.5 Å². The van der Waals surface area contributed by atoms with Gasteiger partial charge in [0.25, 0.3) is 0 Å². The van der Waals surface area contributed by atoms with E-state index in [1.54, 1.807) is 13.8 Å². The van der Waals surface area contributed by atoms with Gasteiger partial charge in [0, 0.05) is 0 Å². The average Bonchev–Trinajstić information content (AvgIpc) is 2.35. The molecule has 0 aliphatic carbocycles. The van der Waals surface area contributed by atoms with Crippen LogP contribution in [0.5, 0.6) is 0 Å². The Labute approximate surface area is 110 Å². The molecule has 0 aliphatic rings. The largest absolute Gasteiger partial charge is 0.465 e. The van der Waals surface area contributed by atoms with Crippen LogP contribution in [0.25, 0.3) is 0 Å². The lowest BCUT2D eigenvalue weighted by Gasteiger charge is -2.15. The van der Waals surface area contributed by atoms with Crippen molar-refractivity contribution in [1.82, 2.24) is 9.97 Å². The Hall–Kier alpha value is -2.38. The standard InChI is InChI=1S/C11H16N4O4/c1-3-18-10(16)6(11(17)19-4-2)8-7(12)9(13)15-5-14-8/h5-6H,3-4,12H2,1-2H3,(H2,13,14,15). The number of rotatable bonds is 5. The van der Waals surface area contributed by atoms with Crippen molar-refractivity contribution in [2.45, 2.75) is 19.8 Å². The van der Waals surface area contributed by atoms with E-state index in [0.717, 1.165) is 6.33 Å². The van der Waals surface area contributed by atoms with Gasteiger partial charge in [-0.15, -0.1) is 0 Å². The molecule has 104 valence electrons. The van der Waals surface area contributed by atoms with Gasteiger partial charge in [-0.3, -0.25) is 9.59 Å². The minimum atomic E-state index is -1.36. The van der Waals surface area contributed by atoms with Gasteiger partial charge in [-0.1, -0.05) is 0 Å².